The van der Waals surface area contributed by atoms with Crippen LogP contribution in [0.5, 0.6) is 0 Å². The minimum Gasteiger partial charge on any atom is -0.462 e. The molecule has 5 fully saturated rings. The van der Waals surface area contributed by atoms with Gasteiger partial charge in [0.2, 0.25) is 17.8 Å². The third-order valence-electron chi connectivity index (χ3n) is 12.4. The van der Waals surface area contributed by atoms with Crippen molar-refractivity contribution in [3.63, 3.8) is 0 Å². The average molecular weight is 858 g/mol. The van der Waals surface area contributed by atoms with E-state index in [1.165, 1.54) is 11.1 Å². The van der Waals surface area contributed by atoms with Crippen LogP contribution >= 0.6 is 0 Å². The summed E-state index contributed by atoms with van der Waals surface area (Å²) in [6.07, 6.45) is -1.76. The Morgan fingerprint density at radius 2 is 1.54 bits per heavy atom. The lowest BCUT2D eigenvalue weighted by molar-refractivity contribution is -0.213. The van der Waals surface area contributed by atoms with Crippen molar-refractivity contribution in [2.75, 3.05) is 19.8 Å². The Bertz CT molecular complexity index is 2400. The molecular weight excluding hydrogens is 811 g/mol. The van der Waals surface area contributed by atoms with Crippen LogP contribution in [0.3, 0.4) is 0 Å². The second-order valence-corrected chi connectivity index (χ2v) is 17.1. The molecule has 4 aromatic rings. The van der Waals surface area contributed by atoms with Crippen LogP contribution in [0.15, 0.2) is 115 Å². The van der Waals surface area contributed by atoms with Crippen LogP contribution in [0.1, 0.15) is 58.4 Å². The number of rotatable bonds is 13. The average Bonchev–Trinajstić information content (AvgIpc) is 3.95. The van der Waals surface area contributed by atoms with E-state index < -0.39 is 77.0 Å². The van der Waals surface area contributed by atoms with Crippen LogP contribution in [0.2, 0.25) is 0 Å². The van der Waals surface area contributed by atoms with E-state index in [0.29, 0.717) is 33.4 Å². The zero-order valence-corrected chi connectivity index (χ0v) is 34.6. The number of amides is 2. The first-order valence-electron chi connectivity index (χ1n) is 20.9. The fourth-order valence-corrected chi connectivity index (χ4v) is 9.36. The summed E-state index contributed by atoms with van der Waals surface area (Å²) in [4.78, 5) is 74.0. The highest BCUT2D eigenvalue weighted by molar-refractivity contribution is 5.95. The van der Waals surface area contributed by atoms with Crippen molar-refractivity contribution in [1.82, 2.24) is 15.7 Å². The van der Waals surface area contributed by atoms with Gasteiger partial charge in [-0.05, 0) is 34.9 Å². The van der Waals surface area contributed by atoms with E-state index in [1.807, 2.05) is 72.8 Å². The molecule has 2 bridgehead atoms. The van der Waals surface area contributed by atoms with Crippen LogP contribution in [0.4, 0.5) is 0 Å². The molecule has 3 N–H and O–H groups in total. The molecule has 1 aliphatic carbocycles. The van der Waals surface area contributed by atoms with Gasteiger partial charge in [-0.2, -0.15) is 5.06 Å². The number of cyclic esters (lactones) is 1. The number of hydrogen-bond donors (Lipinski definition) is 3. The number of nitrogens with zero attached hydrogens (tertiary/aromatic N) is 1. The van der Waals surface area contributed by atoms with E-state index in [9.17, 15) is 24.3 Å². The van der Waals surface area contributed by atoms with Gasteiger partial charge in [-0.1, -0.05) is 111 Å². The van der Waals surface area contributed by atoms with E-state index in [1.54, 1.807) is 56.3 Å². The first-order chi connectivity index (χ1) is 30.4. The molecular formula is C48H47N3O12. The number of ether oxygens (including phenoxy) is 5. The van der Waals surface area contributed by atoms with Gasteiger partial charge in [0.1, 0.15) is 36.4 Å². The largest absolute Gasteiger partial charge is 0.462 e. The summed E-state index contributed by atoms with van der Waals surface area (Å²) in [5, 5.41) is 16.4. The van der Waals surface area contributed by atoms with Crippen molar-refractivity contribution in [2.45, 2.75) is 75.7 Å². The summed E-state index contributed by atoms with van der Waals surface area (Å²) < 4.78 is 30.8. The lowest BCUT2D eigenvalue weighted by Gasteiger charge is -2.48. The van der Waals surface area contributed by atoms with Gasteiger partial charge in [0.25, 0.3) is 5.91 Å². The smallest absolute Gasteiger partial charge is 0.348 e. The maximum atomic E-state index is 15.0. The van der Waals surface area contributed by atoms with Gasteiger partial charge in [0.15, 0.2) is 6.04 Å². The molecule has 4 saturated heterocycles. The van der Waals surface area contributed by atoms with Crippen molar-refractivity contribution in [1.29, 1.82) is 0 Å². The topological polar surface area (TPSA) is 188 Å². The number of carbonyl (C=O) groups excluding carboxylic acids is 5. The van der Waals surface area contributed by atoms with Crippen molar-refractivity contribution < 1.29 is 57.6 Å². The Hall–Kier alpha value is -6.23. The lowest BCUT2D eigenvalue weighted by Crippen LogP contribution is -2.69. The molecule has 4 aromatic carbocycles. The molecule has 2 amide bonds. The number of hydroxylamine groups is 2. The molecule has 7 atom stereocenters. The number of nitrogens with one attached hydrogen (secondary N) is 2. The molecule has 15 heteroatoms. The van der Waals surface area contributed by atoms with Gasteiger partial charge in [-0.25, -0.2) is 9.59 Å². The maximum absolute atomic E-state index is 15.0. The Balaban J connectivity index is 1.03. The van der Waals surface area contributed by atoms with E-state index >= 15 is 4.79 Å². The number of fused-ring (bicyclic) bond motifs is 4. The van der Waals surface area contributed by atoms with Crippen LogP contribution in [0.25, 0.3) is 6.08 Å². The first kappa shape index (κ1) is 42.1. The highest BCUT2D eigenvalue weighted by Gasteiger charge is 2.76. The van der Waals surface area contributed by atoms with Crippen molar-refractivity contribution in [2.24, 2.45) is 10.8 Å². The number of hydrogen-bond acceptors (Lipinski definition) is 13. The van der Waals surface area contributed by atoms with Gasteiger partial charge < -0.3 is 39.4 Å². The minimum atomic E-state index is -1.51. The number of benzene rings is 4. The van der Waals surface area contributed by atoms with Gasteiger partial charge in [-0.15, -0.1) is 0 Å². The van der Waals surface area contributed by atoms with Gasteiger partial charge in [-0.3, -0.25) is 19.2 Å². The Kier molecular flexibility index (Phi) is 11.2. The number of carbonyl (C=O) groups is 5. The first-order valence-corrected chi connectivity index (χ1v) is 20.9. The number of aliphatic hydroxyl groups excluding tert-OH is 1. The maximum Gasteiger partial charge on any atom is 0.348 e. The minimum absolute atomic E-state index is 0.0283. The third-order valence-corrected chi connectivity index (χ3v) is 12.4. The summed E-state index contributed by atoms with van der Waals surface area (Å²) >= 11 is 0. The van der Waals surface area contributed by atoms with Crippen LogP contribution in [0, 0.1) is 10.8 Å². The Morgan fingerprint density at radius 1 is 0.841 bits per heavy atom. The second-order valence-electron chi connectivity index (χ2n) is 17.1. The molecule has 15 nitrogen and oxygen atoms in total. The second kappa shape index (κ2) is 16.8. The standard InChI is InChI=1S/C48H47N3O12/c1-46(2)28-58-44(56)41(46)60-36(53)20-19-29-11-9-13-31(23-29)27-51-39-43(55)59-35-25-47(39,45(57)50-26-30-12-10-14-32(24-30)42(54)49-21-22-52)40(63-51)38-37(35)61-48(62-38,33-15-5-3-6-16-33)34-17-7-4-8-18-34/h3-20,23-24,35,37-41,52H,21-22,25-28H2,1-2H3,(H,49,54)(H,50,57)/t35-,37-,38-,39-,40+,41-,47-/m0/s1. The zero-order valence-electron chi connectivity index (χ0n) is 34.6. The Morgan fingerprint density at radius 3 is 2.24 bits per heavy atom. The van der Waals surface area contributed by atoms with E-state index in [0.717, 1.165) is 0 Å². The normalized spacial score (nSPS) is 27.6. The molecule has 0 unspecified atom stereocenters. The summed E-state index contributed by atoms with van der Waals surface area (Å²) in [5.41, 5.74) is 1.55. The van der Waals surface area contributed by atoms with Gasteiger partial charge in [0.05, 0.1) is 13.2 Å². The summed E-state index contributed by atoms with van der Waals surface area (Å²) in [6, 6.07) is 31.7. The fourth-order valence-electron chi connectivity index (χ4n) is 9.36. The quantitative estimate of drug-likeness (QED) is 0.100. The highest BCUT2D eigenvalue weighted by atomic mass is 16.8. The van der Waals surface area contributed by atoms with E-state index in [2.05, 4.69) is 10.6 Å². The molecule has 63 heavy (non-hydrogen) atoms. The van der Waals surface area contributed by atoms with Crippen molar-refractivity contribution in [3.8, 4) is 0 Å². The summed E-state index contributed by atoms with van der Waals surface area (Å²) in [5.74, 6) is -4.21. The monoisotopic (exact) mass is 857 g/mol. The summed E-state index contributed by atoms with van der Waals surface area (Å²) in [6.45, 7) is 3.67. The highest BCUT2D eigenvalue weighted by Crippen LogP contribution is 2.59. The molecule has 1 saturated carbocycles. The van der Waals surface area contributed by atoms with Crippen LogP contribution in [-0.2, 0) is 66.6 Å². The molecule has 326 valence electrons. The SMILES string of the molecule is CC1(C)COC(=O)[C@@H]1OC(=O)C=Cc1cccc(CN2O[C@@H]3[C@H]4OC(c5ccccc5)(c5ccccc5)O[C@H]4[C@@H]4C[C@]3(C(=O)NCc3cccc(C(=O)NCCO)c3)[C@@H]2C(=O)O4)c1. The predicted molar refractivity (Wildman–Crippen MR) is 222 cm³/mol. The zero-order chi connectivity index (χ0) is 43.9. The predicted octanol–water partition coefficient (Wildman–Crippen LogP) is 3.72. The molecule has 9 rings (SSSR count). The third kappa shape index (κ3) is 7.69. The van der Waals surface area contributed by atoms with Crippen LogP contribution in [-0.4, -0.2) is 96.2 Å². The lowest BCUT2D eigenvalue weighted by atomic mass is 9.62. The van der Waals surface area contributed by atoms with E-state index in [-0.39, 0.29) is 45.2 Å². The van der Waals surface area contributed by atoms with Crippen molar-refractivity contribution in [3.05, 3.63) is 149 Å². The molecule has 5 aliphatic rings. The molecule has 0 spiro atoms. The fraction of sp³-hybridized carbons (Fsp3) is 0.354. The molecule has 4 heterocycles. The number of aliphatic hydroxyl groups is 1. The number of esters is 3. The Labute approximate surface area is 363 Å². The van der Waals surface area contributed by atoms with Gasteiger partial charge in [0, 0.05) is 47.7 Å². The van der Waals surface area contributed by atoms with Gasteiger partial charge >= 0.3 is 17.9 Å². The molecule has 0 radical (unpaired) electrons. The summed E-state index contributed by atoms with van der Waals surface area (Å²) in [7, 11) is 0. The van der Waals surface area contributed by atoms with Crippen molar-refractivity contribution >= 4 is 35.8 Å². The molecule has 0 aromatic heterocycles. The van der Waals surface area contributed by atoms with Crippen LogP contribution < -0.4 is 10.6 Å². The molecule has 4 aliphatic heterocycles. The van der Waals surface area contributed by atoms with E-state index in [4.69, 9.17) is 28.5 Å².